The molecule has 0 aliphatic rings. The second-order valence-corrected chi connectivity index (χ2v) is 5.64. The monoisotopic (exact) mass is 203 g/mol. The lowest BCUT2D eigenvalue weighted by Gasteiger charge is -2.19. The molecule has 0 saturated heterocycles. The van der Waals surface area contributed by atoms with Crippen molar-refractivity contribution in [3.63, 3.8) is 0 Å². The lowest BCUT2D eigenvalue weighted by atomic mass is 10.1. The summed E-state index contributed by atoms with van der Waals surface area (Å²) in [6.07, 6.45) is 2.57. The molecule has 0 fully saturated rings. The molecular formula is C11H25NS. The van der Waals surface area contributed by atoms with Crippen LogP contribution in [0.2, 0.25) is 0 Å². The molecule has 0 aliphatic carbocycles. The second-order valence-electron chi connectivity index (χ2n) is 4.17. The zero-order valence-corrected chi connectivity index (χ0v) is 10.6. The van der Waals surface area contributed by atoms with E-state index in [-0.39, 0.29) is 0 Å². The Morgan fingerprint density at radius 3 is 2.23 bits per heavy atom. The van der Waals surface area contributed by atoms with Crippen molar-refractivity contribution in [1.82, 2.24) is 5.32 Å². The minimum atomic E-state index is 0.694. The SMILES string of the molecule is CCC(C)SCC(CC(C)C)NC. The molecule has 0 amide bonds. The fourth-order valence-electron chi connectivity index (χ4n) is 1.24. The molecule has 80 valence electrons. The Bertz CT molecular complexity index is 115. The Labute approximate surface area is 88.1 Å². The maximum Gasteiger partial charge on any atom is 0.0157 e. The van der Waals surface area contributed by atoms with Gasteiger partial charge in [0.25, 0.3) is 0 Å². The maximum absolute atomic E-state index is 3.39. The summed E-state index contributed by atoms with van der Waals surface area (Å²) in [6, 6.07) is 0.694. The quantitative estimate of drug-likeness (QED) is 0.682. The number of nitrogens with one attached hydrogen (secondary N) is 1. The molecule has 13 heavy (non-hydrogen) atoms. The van der Waals surface area contributed by atoms with Crippen LogP contribution in [0, 0.1) is 5.92 Å². The summed E-state index contributed by atoms with van der Waals surface area (Å²) < 4.78 is 0. The Morgan fingerprint density at radius 2 is 1.85 bits per heavy atom. The van der Waals surface area contributed by atoms with Gasteiger partial charge in [0.2, 0.25) is 0 Å². The van der Waals surface area contributed by atoms with Crippen LogP contribution in [0.1, 0.15) is 40.5 Å². The van der Waals surface area contributed by atoms with E-state index in [9.17, 15) is 0 Å². The fourth-order valence-corrected chi connectivity index (χ4v) is 2.34. The van der Waals surface area contributed by atoms with Crippen LogP contribution in [0.4, 0.5) is 0 Å². The standard InChI is InChI=1S/C11H25NS/c1-6-10(4)13-8-11(12-5)7-9(2)3/h9-12H,6-8H2,1-5H3. The summed E-state index contributed by atoms with van der Waals surface area (Å²) in [5.74, 6) is 2.05. The smallest absolute Gasteiger partial charge is 0.0157 e. The first-order chi connectivity index (χ1) is 6.10. The number of hydrogen-bond donors (Lipinski definition) is 1. The number of rotatable bonds is 7. The summed E-state index contributed by atoms with van der Waals surface area (Å²) in [5.41, 5.74) is 0. The van der Waals surface area contributed by atoms with Crippen molar-refractivity contribution in [2.24, 2.45) is 5.92 Å². The van der Waals surface area contributed by atoms with E-state index in [1.54, 1.807) is 0 Å². The van der Waals surface area contributed by atoms with Gasteiger partial charge in [0.05, 0.1) is 0 Å². The molecule has 0 aromatic heterocycles. The predicted molar refractivity (Wildman–Crippen MR) is 64.5 cm³/mol. The maximum atomic E-state index is 3.39. The van der Waals surface area contributed by atoms with Crippen molar-refractivity contribution < 1.29 is 0 Å². The first kappa shape index (κ1) is 13.3. The van der Waals surface area contributed by atoms with Gasteiger partial charge < -0.3 is 5.32 Å². The molecule has 1 N–H and O–H groups in total. The van der Waals surface area contributed by atoms with Crippen molar-refractivity contribution >= 4 is 11.8 Å². The zero-order chi connectivity index (χ0) is 10.3. The highest BCUT2D eigenvalue weighted by Gasteiger charge is 2.09. The van der Waals surface area contributed by atoms with Crippen molar-refractivity contribution in [2.75, 3.05) is 12.8 Å². The lowest BCUT2D eigenvalue weighted by Crippen LogP contribution is -2.29. The zero-order valence-electron chi connectivity index (χ0n) is 9.76. The molecule has 0 saturated carbocycles. The molecule has 0 spiro atoms. The first-order valence-corrected chi connectivity index (χ1v) is 6.43. The summed E-state index contributed by atoms with van der Waals surface area (Å²) >= 11 is 2.09. The third-order valence-electron chi connectivity index (χ3n) is 2.32. The van der Waals surface area contributed by atoms with E-state index in [0.29, 0.717) is 6.04 Å². The predicted octanol–water partition coefficient (Wildman–Crippen LogP) is 3.15. The van der Waals surface area contributed by atoms with E-state index in [4.69, 9.17) is 0 Å². The molecule has 2 heteroatoms. The summed E-state index contributed by atoms with van der Waals surface area (Å²) in [4.78, 5) is 0. The van der Waals surface area contributed by atoms with Crippen LogP contribution in [-0.4, -0.2) is 24.1 Å². The van der Waals surface area contributed by atoms with Crippen molar-refractivity contribution in [3.8, 4) is 0 Å². The molecule has 1 nitrogen and oxygen atoms in total. The van der Waals surface area contributed by atoms with Gasteiger partial charge in [-0.2, -0.15) is 11.8 Å². The van der Waals surface area contributed by atoms with Crippen molar-refractivity contribution in [1.29, 1.82) is 0 Å². The highest BCUT2D eigenvalue weighted by molar-refractivity contribution is 7.99. The number of thioether (sulfide) groups is 1. The minimum Gasteiger partial charge on any atom is -0.316 e. The third-order valence-corrected chi connectivity index (χ3v) is 3.82. The molecule has 2 atom stereocenters. The first-order valence-electron chi connectivity index (χ1n) is 5.39. The topological polar surface area (TPSA) is 12.0 Å². The molecule has 0 aromatic carbocycles. The van der Waals surface area contributed by atoms with E-state index in [0.717, 1.165) is 11.2 Å². The van der Waals surface area contributed by atoms with Gasteiger partial charge in [-0.25, -0.2) is 0 Å². The van der Waals surface area contributed by atoms with Gasteiger partial charge in [0, 0.05) is 17.0 Å². The van der Waals surface area contributed by atoms with Gasteiger partial charge in [0.1, 0.15) is 0 Å². The largest absolute Gasteiger partial charge is 0.316 e. The van der Waals surface area contributed by atoms with Gasteiger partial charge in [-0.3, -0.25) is 0 Å². The Hall–Kier alpha value is 0.310. The molecule has 0 heterocycles. The van der Waals surface area contributed by atoms with Crippen LogP contribution in [-0.2, 0) is 0 Å². The normalized spacial score (nSPS) is 16.2. The average Bonchev–Trinajstić information content (AvgIpc) is 2.10. The number of hydrogen-bond acceptors (Lipinski definition) is 2. The highest BCUT2D eigenvalue weighted by Crippen LogP contribution is 2.17. The summed E-state index contributed by atoms with van der Waals surface area (Å²) in [6.45, 7) is 9.15. The molecule has 2 unspecified atom stereocenters. The van der Waals surface area contributed by atoms with Crippen LogP contribution >= 0.6 is 11.8 Å². The van der Waals surface area contributed by atoms with Gasteiger partial charge in [-0.1, -0.05) is 27.7 Å². The molecule has 0 bridgehead atoms. The van der Waals surface area contributed by atoms with Gasteiger partial charge in [0.15, 0.2) is 0 Å². The molecule has 0 rings (SSSR count). The highest BCUT2D eigenvalue weighted by atomic mass is 32.2. The Morgan fingerprint density at radius 1 is 1.23 bits per heavy atom. The Balaban J connectivity index is 3.59. The fraction of sp³-hybridized carbons (Fsp3) is 1.00. The lowest BCUT2D eigenvalue weighted by molar-refractivity contribution is 0.474. The molecular weight excluding hydrogens is 178 g/mol. The van der Waals surface area contributed by atoms with Gasteiger partial charge in [-0.05, 0) is 25.8 Å². The van der Waals surface area contributed by atoms with Crippen molar-refractivity contribution in [3.05, 3.63) is 0 Å². The van der Waals surface area contributed by atoms with E-state index in [1.165, 1.54) is 18.6 Å². The molecule has 0 aromatic rings. The van der Waals surface area contributed by atoms with Crippen LogP contribution in [0.3, 0.4) is 0 Å². The molecule has 0 radical (unpaired) electrons. The Kier molecular flexibility index (Phi) is 7.87. The third kappa shape index (κ3) is 7.39. The van der Waals surface area contributed by atoms with Crippen LogP contribution in [0.15, 0.2) is 0 Å². The van der Waals surface area contributed by atoms with Crippen LogP contribution in [0.5, 0.6) is 0 Å². The van der Waals surface area contributed by atoms with Crippen molar-refractivity contribution in [2.45, 2.75) is 51.8 Å². The van der Waals surface area contributed by atoms with Gasteiger partial charge in [-0.15, -0.1) is 0 Å². The van der Waals surface area contributed by atoms with Gasteiger partial charge >= 0.3 is 0 Å². The summed E-state index contributed by atoms with van der Waals surface area (Å²) in [5, 5.41) is 4.20. The minimum absolute atomic E-state index is 0.694. The average molecular weight is 203 g/mol. The van der Waals surface area contributed by atoms with E-state index >= 15 is 0 Å². The van der Waals surface area contributed by atoms with E-state index < -0.39 is 0 Å². The van der Waals surface area contributed by atoms with Crippen LogP contribution in [0.25, 0.3) is 0 Å². The van der Waals surface area contributed by atoms with E-state index in [1.807, 2.05) is 0 Å². The summed E-state index contributed by atoms with van der Waals surface area (Å²) in [7, 11) is 2.07. The second kappa shape index (κ2) is 7.69. The molecule has 0 aliphatic heterocycles. The van der Waals surface area contributed by atoms with Crippen LogP contribution < -0.4 is 5.32 Å². The van der Waals surface area contributed by atoms with E-state index in [2.05, 4.69) is 51.8 Å².